The van der Waals surface area contributed by atoms with Crippen molar-refractivity contribution in [3.63, 3.8) is 0 Å². The van der Waals surface area contributed by atoms with Crippen molar-refractivity contribution in [2.24, 2.45) is 0 Å². The minimum absolute atomic E-state index is 0.0858. The molecular weight excluding hydrogens is 354 g/mol. The Morgan fingerprint density at radius 2 is 1.93 bits per heavy atom. The van der Waals surface area contributed by atoms with Crippen LogP contribution in [0.15, 0.2) is 48.8 Å². The summed E-state index contributed by atoms with van der Waals surface area (Å²) in [6, 6.07) is 11.6. The maximum atomic E-state index is 12.6. The van der Waals surface area contributed by atoms with Gasteiger partial charge in [0.2, 0.25) is 0 Å². The van der Waals surface area contributed by atoms with Gasteiger partial charge in [0.05, 0.1) is 6.61 Å². The summed E-state index contributed by atoms with van der Waals surface area (Å²) in [6.07, 6.45) is 7.83. The van der Waals surface area contributed by atoms with E-state index < -0.39 is 0 Å². The van der Waals surface area contributed by atoms with Gasteiger partial charge in [-0.05, 0) is 61.6 Å². The van der Waals surface area contributed by atoms with E-state index >= 15 is 0 Å². The first kappa shape index (κ1) is 18.9. The average molecular weight is 381 g/mol. The summed E-state index contributed by atoms with van der Waals surface area (Å²) in [7, 11) is 0. The predicted molar refractivity (Wildman–Crippen MR) is 106 cm³/mol. The van der Waals surface area contributed by atoms with Crippen molar-refractivity contribution < 1.29 is 14.4 Å². The van der Waals surface area contributed by atoms with Gasteiger partial charge in [0.25, 0.3) is 5.91 Å². The lowest BCUT2D eigenvalue weighted by atomic mass is 10.1. The molecule has 6 nitrogen and oxygen atoms in total. The summed E-state index contributed by atoms with van der Waals surface area (Å²) >= 11 is 0. The predicted octanol–water partition coefficient (Wildman–Crippen LogP) is 3.29. The van der Waals surface area contributed by atoms with Crippen molar-refractivity contribution in [2.75, 3.05) is 26.2 Å². The molecule has 2 aromatic rings. The van der Waals surface area contributed by atoms with Crippen LogP contribution in [0.25, 0.3) is 0 Å². The third-order valence-electron chi connectivity index (χ3n) is 5.30. The van der Waals surface area contributed by atoms with Crippen LogP contribution in [0.2, 0.25) is 0 Å². The maximum Gasteiger partial charge on any atom is 0.277 e. The van der Waals surface area contributed by atoms with Crippen LogP contribution < -0.4 is 4.74 Å². The van der Waals surface area contributed by atoms with Gasteiger partial charge in [-0.25, -0.2) is 5.06 Å². The second-order valence-electron chi connectivity index (χ2n) is 7.42. The summed E-state index contributed by atoms with van der Waals surface area (Å²) in [4.78, 5) is 24.6. The first-order valence-corrected chi connectivity index (χ1v) is 10.1. The largest absolute Gasteiger partial charge is 0.490 e. The molecule has 2 fully saturated rings. The molecule has 4 rings (SSSR count). The number of benzene rings is 1. The number of rotatable bonds is 5. The Kier molecular flexibility index (Phi) is 6.19. The fourth-order valence-corrected chi connectivity index (χ4v) is 3.73. The van der Waals surface area contributed by atoms with Gasteiger partial charge in [-0.15, -0.1) is 0 Å². The molecule has 3 heterocycles. The molecule has 0 bridgehead atoms. The molecule has 0 saturated carbocycles. The first-order chi connectivity index (χ1) is 13.8. The zero-order valence-electron chi connectivity index (χ0n) is 16.1. The van der Waals surface area contributed by atoms with E-state index in [0.717, 1.165) is 51.1 Å². The van der Waals surface area contributed by atoms with Crippen LogP contribution in [0.4, 0.5) is 0 Å². The molecule has 28 heavy (non-hydrogen) atoms. The number of nitrogens with zero attached hydrogens (tertiary/aromatic N) is 3. The Morgan fingerprint density at radius 3 is 2.68 bits per heavy atom. The van der Waals surface area contributed by atoms with E-state index in [9.17, 15) is 4.79 Å². The molecule has 0 aliphatic carbocycles. The highest BCUT2D eigenvalue weighted by Crippen LogP contribution is 2.22. The molecule has 2 aliphatic rings. The van der Waals surface area contributed by atoms with Gasteiger partial charge in [0, 0.05) is 44.1 Å². The average Bonchev–Trinajstić information content (AvgIpc) is 2.76. The fourth-order valence-electron chi connectivity index (χ4n) is 3.73. The molecule has 0 radical (unpaired) electrons. The topological polar surface area (TPSA) is 54.9 Å². The Balaban J connectivity index is 1.30. The van der Waals surface area contributed by atoms with Crippen LogP contribution in [-0.4, -0.2) is 53.2 Å². The van der Waals surface area contributed by atoms with E-state index in [2.05, 4.69) is 22.0 Å². The smallest absolute Gasteiger partial charge is 0.277 e. The summed E-state index contributed by atoms with van der Waals surface area (Å²) in [5, 5.41) is 1.47. The lowest BCUT2D eigenvalue weighted by Crippen LogP contribution is -2.38. The Morgan fingerprint density at radius 1 is 1.11 bits per heavy atom. The number of aromatic nitrogens is 1. The number of pyridine rings is 1. The number of amides is 1. The quantitative estimate of drug-likeness (QED) is 0.795. The van der Waals surface area contributed by atoms with E-state index in [-0.39, 0.29) is 12.0 Å². The number of ether oxygens (including phenoxy) is 1. The summed E-state index contributed by atoms with van der Waals surface area (Å²) in [5.41, 5.74) is 1.91. The van der Waals surface area contributed by atoms with Gasteiger partial charge in [0.15, 0.2) is 0 Å². The lowest BCUT2D eigenvalue weighted by molar-refractivity contribution is -0.144. The summed E-state index contributed by atoms with van der Waals surface area (Å²) < 4.78 is 6.18. The molecule has 0 unspecified atom stereocenters. The number of hydroxylamine groups is 2. The number of hydrogen-bond acceptors (Lipinski definition) is 5. The number of piperidine rings is 1. The zero-order chi connectivity index (χ0) is 19.2. The van der Waals surface area contributed by atoms with Crippen molar-refractivity contribution in [3.8, 4) is 5.75 Å². The molecule has 0 atom stereocenters. The summed E-state index contributed by atoms with van der Waals surface area (Å²) in [6.45, 7) is 4.23. The van der Waals surface area contributed by atoms with Crippen LogP contribution in [0.1, 0.15) is 41.6 Å². The van der Waals surface area contributed by atoms with Crippen LogP contribution in [0, 0.1) is 0 Å². The van der Waals surface area contributed by atoms with Crippen molar-refractivity contribution in [1.82, 2.24) is 14.9 Å². The standard InChI is InChI=1S/C22H27N3O3/c26-22(25-12-1-2-15-27-25)19-4-3-5-21(16-19)28-20-8-13-24(14-9-20)17-18-6-10-23-11-7-18/h3-7,10-11,16,20H,1-2,8-9,12-15,17H2. The lowest BCUT2D eigenvalue weighted by Gasteiger charge is -2.32. The van der Waals surface area contributed by atoms with E-state index in [1.54, 1.807) is 0 Å². The van der Waals surface area contributed by atoms with Crippen LogP contribution in [0.5, 0.6) is 5.75 Å². The van der Waals surface area contributed by atoms with Crippen molar-refractivity contribution >= 4 is 5.91 Å². The monoisotopic (exact) mass is 381 g/mol. The molecule has 0 spiro atoms. The minimum Gasteiger partial charge on any atom is -0.490 e. The maximum absolute atomic E-state index is 12.6. The second-order valence-corrected chi connectivity index (χ2v) is 7.42. The molecule has 1 aromatic carbocycles. The van der Waals surface area contributed by atoms with E-state index in [1.165, 1.54) is 10.6 Å². The van der Waals surface area contributed by atoms with Crippen molar-refractivity contribution in [2.45, 2.75) is 38.3 Å². The van der Waals surface area contributed by atoms with Crippen LogP contribution >= 0.6 is 0 Å². The molecule has 1 amide bonds. The first-order valence-electron chi connectivity index (χ1n) is 10.1. The molecule has 0 N–H and O–H groups in total. The third-order valence-corrected chi connectivity index (χ3v) is 5.30. The molecule has 2 saturated heterocycles. The Bertz CT molecular complexity index is 770. The number of hydrogen-bond donors (Lipinski definition) is 0. The van der Waals surface area contributed by atoms with Gasteiger partial charge in [-0.3, -0.25) is 19.5 Å². The van der Waals surface area contributed by atoms with Gasteiger partial charge in [-0.1, -0.05) is 6.07 Å². The van der Waals surface area contributed by atoms with Crippen molar-refractivity contribution in [1.29, 1.82) is 0 Å². The van der Waals surface area contributed by atoms with Crippen LogP contribution in [0.3, 0.4) is 0 Å². The minimum atomic E-state index is -0.0858. The zero-order valence-corrected chi connectivity index (χ0v) is 16.1. The van der Waals surface area contributed by atoms with E-state index in [1.807, 2.05) is 36.7 Å². The van der Waals surface area contributed by atoms with Gasteiger partial charge in [-0.2, -0.15) is 0 Å². The normalized spacial score (nSPS) is 18.8. The third kappa shape index (κ3) is 4.88. The Labute approximate surface area is 166 Å². The van der Waals surface area contributed by atoms with E-state index in [0.29, 0.717) is 18.7 Å². The van der Waals surface area contributed by atoms with Gasteiger partial charge >= 0.3 is 0 Å². The highest BCUT2D eigenvalue weighted by Gasteiger charge is 2.22. The number of carbonyl (C=O) groups is 1. The Hall–Kier alpha value is -2.44. The highest BCUT2D eigenvalue weighted by atomic mass is 16.7. The van der Waals surface area contributed by atoms with Crippen molar-refractivity contribution in [3.05, 3.63) is 59.9 Å². The molecule has 148 valence electrons. The molecular formula is C22H27N3O3. The van der Waals surface area contributed by atoms with Gasteiger partial charge in [0.1, 0.15) is 11.9 Å². The SMILES string of the molecule is O=C(c1cccc(OC2CCN(Cc3ccncc3)CC2)c1)N1CCCCO1. The fraction of sp³-hybridized carbons (Fsp3) is 0.455. The summed E-state index contributed by atoms with van der Waals surface area (Å²) in [5.74, 6) is 0.674. The van der Waals surface area contributed by atoms with E-state index in [4.69, 9.17) is 9.57 Å². The molecule has 6 heteroatoms. The molecule has 2 aliphatic heterocycles. The second kappa shape index (κ2) is 9.17. The van der Waals surface area contributed by atoms with Crippen LogP contribution in [-0.2, 0) is 11.4 Å². The number of carbonyl (C=O) groups excluding carboxylic acids is 1. The number of likely N-dealkylation sites (tertiary alicyclic amines) is 1. The van der Waals surface area contributed by atoms with Gasteiger partial charge < -0.3 is 4.74 Å². The highest BCUT2D eigenvalue weighted by molar-refractivity contribution is 5.93. The molecule has 1 aromatic heterocycles.